The van der Waals surface area contributed by atoms with E-state index in [1.54, 1.807) is 0 Å². The highest BCUT2D eigenvalue weighted by Crippen LogP contribution is 2.13. The van der Waals surface area contributed by atoms with Gasteiger partial charge in [0.25, 0.3) is 0 Å². The maximum Gasteiger partial charge on any atom is 0.0912 e. The number of aliphatic hydroxyl groups excluding tert-OH is 1. The zero-order valence-electron chi connectivity index (χ0n) is 6.70. The highest BCUT2D eigenvalue weighted by atomic mass is 35.5. The molecule has 0 saturated heterocycles. The minimum absolute atomic E-state index is 0.250. The molecule has 0 radical (unpaired) electrons. The third-order valence-corrected chi connectivity index (χ3v) is 2.05. The molecule has 0 amide bonds. The quantitative estimate of drug-likeness (QED) is 0.700. The fourth-order valence-corrected chi connectivity index (χ4v) is 1.14. The van der Waals surface area contributed by atoms with Crippen LogP contribution in [0.5, 0.6) is 0 Å². The summed E-state index contributed by atoms with van der Waals surface area (Å²) in [7, 11) is 0. The lowest BCUT2D eigenvalue weighted by molar-refractivity contribution is 0.187. The Morgan fingerprint density at radius 1 is 1.33 bits per heavy atom. The number of alkyl halides is 1. The van der Waals surface area contributed by atoms with Crippen LogP contribution in [0.25, 0.3) is 0 Å². The monoisotopic (exact) mass is 185 g/mol. The van der Waals surface area contributed by atoms with Crippen molar-refractivity contribution in [2.75, 3.05) is 6.54 Å². The lowest BCUT2D eigenvalue weighted by Crippen LogP contribution is -2.11. The first-order valence-corrected chi connectivity index (χ1v) is 4.34. The van der Waals surface area contributed by atoms with Crippen LogP contribution in [-0.2, 0) is 5.88 Å². The number of rotatable bonds is 3. The predicted molar refractivity (Wildman–Crippen MR) is 50.0 cm³/mol. The van der Waals surface area contributed by atoms with E-state index in [9.17, 15) is 5.11 Å². The first-order valence-electron chi connectivity index (χ1n) is 3.81. The second kappa shape index (κ2) is 4.45. The molecule has 0 aliphatic rings. The number of hydrogen-bond acceptors (Lipinski definition) is 2. The van der Waals surface area contributed by atoms with Gasteiger partial charge in [-0.25, -0.2) is 0 Å². The molecule has 0 heterocycles. The summed E-state index contributed by atoms with van der Waals surface area (Å²) in [5.41, 5.74) is 7.18. The molecular weight excluding hydrogens is 174 g/mol. The van der Waals surface area contributed by atoms with Crippen LogP contribution in [0.2, 0.25) is 0 Å². The van der Waals surface area contributed by atoms with Crippen LogP contribution in [0.3, 0.4) is 0 Å². The van der Waals surface area contributed by atoms with Crippen molar-refractivity contribution in [3.05, 3.63) is 35.4 Å². The van der Waals surface area contributed by atoms with Gasteiger partial charge in [-0.2, -0.15) is 0 Å². The van der Waals surface area contributed by atoms with Crippen molar-refractivity contribution in [3.8, 4) is 0 Å². The highest BCUT2D eigenvalue weighted by Gasteiger charge is 2.03. The first-order chi connectivity index (χ1) is 5.77. The van der Waals surface area contributed by atoms with Gasteiger partial charge in [0.05, 0.1) is 6.10 Å². The molecule has 1 atom stereocenters. The maximum atomic E-state index is 9.33. The maximum absolute atomic E-state index is 9.33. The van der Waals surface area contributed by atoms with Crippen LogP contribution in [0.4, 0.5) is 0 Å². The van der Waals surface area contributed by atoms with Crippen molar-refractivity contribution in [1.29, 1.82) is 0 Å². The molecule has 1 rings (SSSR count). The summed E-state index contributed by atoms with van der Waals surface area (Å²) in [5.74, 6) is 0.499. The Balaban J connectivity index is 2.77. The van der Waals surface area contributed by atoms with Crippen LogP contribution in [-0.4, -0.2) is 11.7 Å². The normalized spacial score (nSPS) is 12.9. The largest absolute Gasteiger partial charge is 0.387 e. The Morgan fingerprint density at radius 3 is 2.33 bits per heavy atom. The van der Waals surface area contributed by atoms with Gasteiger partial charge in [0.2, 0.25) is 0 Å². The second-order valence-electron chi connectivity index (χ2n) is 2.63. The fraction of sp³-hybridized carbons (Fsp3) is 0.333. The van der Waals surface area contributed by atoms with Gasteiger partial charge in [-0.1, -0.05) is 24.3 Å². The van der Waals surface area contributed by atoms with Gasteiger partial charge in [-0.3, -0.25) is 0 Å². The van der Waals surface area contributed by atoms with Crippen molar-refractivity contribution >= 4 is 11.6 Å². The van der Waals surface area contributed by atoms with E-state index < -0.39 is 6.10 Å². The van der Waals surface area contributed by atoms with Gasteiger partial charge in [0.1, 0.15) is 0 Å². The van der Waals surface area contributed by atoms with Crippen molar-refractivity contribution in [2.24, 2.45) is 5.73 Å². The van der Waals surface area contributed by atoms with E-state index in [2.05, 4.69) is 0 Å². The summed E-state index contributed by atoms with van der Waals surface area (Å²) >= 11 is 5.61. The average molecular weight is 186 g/mol. The smallest absolute Gasteiger partial charge is 0.0912 e. The third-order valence-electron chi connectivity index (χ3n) is 1.74. The highest BCUT2D eigenvalue weighted by molar-refractivity contribution is 6.17. The van der Waals surface area contributed by atoms with E-state index >= 15 is 0 Å². The van der Waals surface area contributed by atoms with Gasteiger partial charge in [0.15, 0.2) is 0 Å². The minimum Gasteiger partial charge on any atom is -0.387 e. The van der Waals surface area contributed by atoms with Gasteiger partial charge in [0, 0.05) is 12.4 Å². The lowest BCUT2D eigenvalue weighted by atomic mass is 10.1. The van der Waals surface area contributed by atoms with E-state index in [-0.39, 0.29) is 6.54 Å². The second-order valence-corrected chi connectivity index (χ2v) is 2.89. The molecule has 0 spiro atoms. The Kier molecular flexibility index (Phi) is 3.53. The summed E-state index contributed by atoms with van der Waals surface area (Å²) in [6.07, 6.45) is -0.561. The summed E-state index contributed by atoms with van der Waals surface area (Å²) < 4.78 is 0. The van der Waals surface area contributed by atoms with E-state index in [4.69, 9.17) is 17.3 Å². The number of nitrogens with two attached hydrogens (primary N) is 1. The molecule has 12 heavy (non-hydrogen) atoms. The molecule has 2 nitrogen and oxygen atoms in total. The van der Waals surface area contributed by atoms with Gasteiger partial charge >= 0.3 is 0 Å². The molecule has 0 aliphatic carbocycles. The Labute approximate surface area is 77.0 Å². The molecule has 0 saturated carbocycles. The van der Waals surface area contributed by atoms with Crippen LogP contribution >= 0.6 is 11.6 Å². The molecule has 3 heteroatoms. The SMILES string of the molecule is NC[C@H](O)c1ccc(CCl)cc1. The van der Waals surface area contributed by atoms with Gasteiger partial charge < -0.3 is 10.8 Å². The number of hydrogen-bond donors (Lipinski definition) is 2. The van der Waals surface area contributed by atoms with Crippen LogP contribution in [0.1, 0.15) is 17.2 Å². The topological polar surface area (TPSA) is 46.2 Å². The van der Waals surface area contributed by atoms with Crippen molar-refractivity contribution in [2.45, 2.75) is 12.0 Å². The standard InChI is InChI=1S/C9H12ClNO/c10-5-7-1-3-8(4-2-7)9(12)6-11/h1-4,9,12H,5-6,11H2/t9-/m0/s1. The third kappa shape index (κ3) is 2.21. The molecule has 0 unspecified atom stereocenters. The van der Waals surface area contributed by atoms with Crippen LogP contribution < -0.4 is 5.73 Å². The molecule has 0 aromatic heterocycles. The molecule has 66 valence electrons. The minimum atomic E-state index is -0.561. The Morgan fingerprint density at radius 2 is 1.92 bits per heavy atom. The van der Waals surface area contributed by atoms with E-state index in [1.165, 1.54) is 0 Å². The lowest BCUT2D eigenvalue weighted by Gasteiger charge is -2.07. The van der Waals surface area contributed by atoms with Crippen molar-refractivity contribution in [1.82, 2.24) is 0 Å². The summed E-state index contributed by atoms with van der Waals surface area (Å²) in [5, 5.41) is 9.33. The summed E-state index contributed by atoms with van der Waals surface area (Å²) in [6, 6.07) is 7.47. The number of benzene rings is 1. The Bertz CT molecular complexity index is 235. The van der Waals surface area contributed by atoms with Crippen LogP contribution in [0.15, 0.2) is 24.3 Å². The molecule has 1 aromatic rings. The van der Waals surface area contributed by atoms with E-state index in [0.717, 1.165) is 11.1 Å². The number of aliphatic hydroxyl groups is 1. The predicted octanol–water partition coefficient (Wildman–Crippen LogP) is 1.42. The van der Waals surface area contributed by atoms with Crippen LogP contribution in [0, 0.1) is 0 Å². The molecule has 0 fully saturated rings. The number of halogens is 1. The van der Waals surface area contributed by atoms with Gasteiger partial charge in [-0.15, -0.1) is 11.6 Å². The average Bonchev–Trinajstić information content (AvgIpc) is 2.17. The van der Waals surface area contributed by atoms with Crippen molar-refractivity contribution < 1.29 is 5.11 Å². The molecule has 0 aliphatic heterocycles. The van der Waals surface area contributed by atoms with E-state index in [1.807, 2.05) is 24.3 Å². The summed E-state index contributed by atoms with van der Waals surface area (Å²) in [4.78, 5) is 0. The molecule has 0 bridgehead atoms. The summed E-state index contributed by atoms with van der Waals surface area (Å²) in [6.45, 7) is 0.250. The van der Waals surface area contributed by atoms with E-state index in [0.29, 0.717) is 5.88 Å². The van der Waals surface area contributed by atoms with Crippen molar-refractivity contribution in [3.63, 3.8) is 0 Å². The first kappa shape index (κ1) is 9.52. The molecular formula is C9H12ClNO. The fourth-order valence-electron chi connectivity index (χ4n) is 0.965. The Hall–Kier alpha value is -0.570. The zero-order valence-corrected chi connectivity index (χ0v) is 7.46. The van der Waals surface area contributed by atoms with Gasteiger partial charge in [-0.05, 0) is 11.1 Å². The zero-order chi connectivity index (χ0) is 8.97. The molecule has 1 aromatic carbocycles. The molecule has 3 N–H and O–H groups in total.